The minimum absolute atomic E-state index is 0.307. The van der Waals surface area contributed by atoms with Crippen LogP contribution in [0.1, 0.15) is 19.8 Å². The molecule has 0 aliphatic carbocycles. The van der Waals surface area contributed by atoms with Gasteiger partial charge in [-0.25, -0.2) is 0 Å². The standard InChI is InChI=1S/C7H13NO/c1-3-6-4-7(9)8(2)5-6/h6H,3-5H2,1-2H3/t6-/m1/s1. The van der Waals surface area contributed by atoms with Crippen LogP contribution in [0.3, 0.4) is 0 Å². The average Bonchev–Trinajstić information content (AvgIpc) is 2.13. The minimum Gasteiger partial charge on any atom is -0.345 e. The van der Waals surface area contributed by atoms with Crippen LogP contribution in [-0.2, 0) is 4.79 Å². The van der Waals surface area contributed by atoms with Gasteiger partial charge < -0.3 is 4.90 Å². The number of carbonyl (C=O) groups is 1. The molecule has 0 spiro atoms. The Morgan fingerprint density at radius 1 is 1.78 bits per heavy atom. The van der Waals surface area contributed by atoms with Crippen molar-refractivity contribution in [2.75, 3.05) is 13.6 Å². The molecule has 0 saturated carbocycles. The molecule has 0 aromatic carbocycles. The second kappa shape index (κ2) is 2.38. The van der Waals surface area contributed by atoms with Gasteiger partial charge in [-0.1, -0.05) is 13.3 Å². The lowest BCUT2D eigenvalue weighted by atomic mass is 10.1. The van der Waals surface area contributed by atoms with E-state index in [0.717, 1.165) is 19.4 Å². The number of hydrogen-bond donors (Lipinski definition) is 0. The first kappa shape index (κ1) is 6.59. The highest BCUT2D eigenvalue weighted by Crippen LogP contribution is 2.17. The van der Waals surface area contributed by atoms with Crippen LogP contribution in [-0.4, -0.2) is 24.4 Å². The van der Waals surface area contributed by atoms with Gasteiger partial charge >= 0.3 is 0 Å². The van der Waals surface area contributed by atoms with E-state index in [1.165, 1.54) is 0 Å². The Labute approximate surface area is 55.8 Å². The summed E-state index contributed by atoms with van der Waals surface area (Å²) in [4.78, 5) is 12.7. The Balaban J connectivity index is 2.44. The van der Waals surface area contributed by atoms with Crippen molar-refractivity contribution in [3.8, 4) is 0 Å². The summed E-state index contributed by atoms with van der Waals surface area (Å²) < 4.78 is 0. The predicted molar refractivity (Wildman–Crippen MR) is 36.0 cm³/mol. The summed E-state index contributed by atoms with van der Waals surface area (Å²) in [6.45, 7) is 3.10. The normalized spacial score (nSPS) is 27.6. The zero-order valence-corrected chi connectivity index (χ0v) is 6.05. The molecule has 1 rings (SSSR count). The van der Waals surface area contributed by atoms with Gasteiger partial charge in [-0.3, -0.25) is 4.79 Å². The van der Waals surface area contributed by atoms with E-state index in [1.54, 1.807) is 0 Å². The molecular weight excluding hydrogens is 114 g/mol. The molecule has 1 fully saturated rings. The fourth-order valence-corrected chi connectivity index (χ4v) is 1.23. The predicted octanol–water partition coefficient (Wildman–Crippen LogP) is 0.875. The maximum Gasteiger partial charge on any atom is 0.222 e. The summed E-state index contributed by atoms with van der Waals surface area (Å²) in [5, 5.41) is 0. The maximum absolute atomic E-state index is 10.9. The second-order valence-corrected chi connectivity index (χ2v) is 2.75. The van der Waals surface area contributed by atoms with E-state index >= 15 is 0 Å². The Hall–Kier alpha value is -0.530. The molecule has 0 aromatic heterocycles. The van der Waals surface area contributed by atoms with Gasteiger partial charge in [0.1, 0.15) is 0 Å². The molecule has 1 atom stereocenters. The van der Waals surface area contributed by atoms with E-state index in [1.807, 2.05) is 11.9 Å². The molecule has 1 saturated heterocycles. The number of hydrogen-bond acceptors (Lipinski definition) is 1. The number of amides is 1. The monoisotopic (exact) mass is 127 g/mol. The third kappa shape index (κ3) is 1.23. The van der Waals surface area contributed by atoms with Crippen molar-refractivity contribution in [2.45, 2.75) is 19.8 Å². The number of nitrogens with zero attached hydrogens (tertiary/aromatic N) is 1. The molecule has 52 valence electrons. The summed E-state index contributed by atoms with van der Waals surface area (Å²) in [7, 11) is 1.87. The maximum atomic E-state index is 10.9. The lowest BCUT2D eigenvalue weighted by molar-refractivity contribution is -0.126. The van der Waals surface area contributed by atoms with Gasteiger partial charge in [-0.2, -0.15) is 0 Å². The van der Waals surface area contributed by atoms with E-state index in [0.29, 0.717) is 11.8 Å². The van der Waals surface area contributed by atoms with E-state index in [2.05, 4.69) is 6.92 Å². The lowest BCUT2D eigenvalue weighted by Gasteiger charge is -2.06. The molecule has 9 heavy (non-hydrogen) atoms. The number of likely N-dealkylation sites (tertiary alicyclic amines) is 1. The zero-order valence-electron chi connectivity index (χ0n) is 6.05. The topological polar surface area (TPSA) is 20.3 Å². The van der Waals surface area contributed by atoms with E-state index < -0.39 is 0 Å². The summed E-state index contributed by atoms with van der Waals surface area (Å²) in [6.07, 6.45) is 1.91. The Morgan fingerprint density at radius 2 is 2.44 bits per heavy atom. The molecule has 0 radical (unpaired) electrons. The summed E-state index contributed by atoms with van der Waals surface area (Å²) in [5.41, 5.74) is 0. The van der Waals surface area contributed by atoms with Gasteiger partial charge in [-0.05, 0) is 5.92 Å². The molecule has 1 aliphatic rings. The van der Waals surface area contributed by atoms with Crippen LogP contribution in [0.4, 0.5) is 0 Å². The van der Waals surface area contributed by atoms with Crippen LogP contribution in [0.5, 0.6) is 0 Å². The van der Waals surface area contributed by atoms with Gasteiger partial charge in [0.25, 0.3) is 0 Å². The Morgan fingerprint density at radius 3 is 2.67 bits per heavy atom. The van der Waals surface area contributed by atoms with E-state index in [-0.39, 0.29) is 0 Å². The first-order chi connectivity index (χ1) is 4.24. The van der Waals surface area contributed by atoms with Crippen molar-refractivity contribution in [3.05, 3.63) is 0 Å². The zero-order chi connectivity index (χ0) is 6.85. The van der Waals surface area contributed by atoms with Crippen LogP contribution in [0, 0.1) is 5.92 Å². The molecule has 2 nitrogen and oxygen atoms in total. The molecule has 1 amide bonds. The SMILES string of the molecule is CC[C@@H]1CC(=O)N(C)C1. The van der Waals surface area contributed by atoms with Gasteiger partial charge in [-0.15, -0.1) is 0 Å². The first-order valence-electron chi connectivity index (χ1n) is 3.48. The highest BCUT2D eigenvalue weighted by Gasteiger charge is 2.24. The van der Waals surface area contributed by atoms with E-state index in [9.17, 15) is 4.79 Å². The van der Waals surface area contributed by atoms with E-state index in [4.69, 9.17) is 0 Å². The van der Waals surface area contributed by atoms with Gasteiger partial charge in [0.2, 0.25) is 5.91 Å². The number of rotatable bonds is 1. The van der Waals surface area contributed by atoms with Crippen LogP contribution in [0.2, 0.25) is 0 Å². The minimum atomic E-state index is 0.307. The summed E-state index contributed by atoms with van der Waals surface area (Å²) >= 11 is 0. The summed E-state index contributed by atoms with van der Waals surface area (Å²) in [6, 6.07) is 0. The molecule has 1 aliphatic heterocycles. The van der Waals surface area contributed by atoms with Crippen molar-refractivity contribution in [2.24, 2.45) is 5.92 Å². The average molecular weight is 127 g/mol. The van der Waals surface area contributed by atoms with Crippen molar-refractivity contribution < 1.29 is 4.79 Å². The highest BCUT2D eigenvalue weighted by molar-refractivity contribution is 5.78. The highest BCUT2D eigenvalue weighted by atomic mass is 16.2. The Bertz CT molecular complexity index is 122. The van der Waals surface area contributed by atoms with Crippen molar-refractivity contribution in [3.63, 3.8) is 0 Å². The van der Waals surface area contributed by atoms with Crippen LogP contribution in [0.25, 0.3) is 0 Å². The molecule has 2 heteroatoms. The fourth-order valence-electron chi connectivity index (χ4n) is 1.23. The number of carbonyl (C=O) groups excluding carboxylic acids is 1. The molecular formula is C7H13NO. The quantitative estimate of drug-likeness (QED) is 0.512. The van der Waals surface area contributed by atoms with Gasteiger partial charge in [0.15, 0.2) is 0 Å². The van der Waals surface area contributed by atoms with Crippen molar-refractivity contribution in [1.82, 2.24) is 4.90 Å². The molecule has 0 aromatic rings. The first-order valence-corrected chi connectivity index (χ1v) is 3.48. The summed E-state index contributed by atoms with van der Waals surface area (Å²) in [5.74, 6) is 0.935. The van der Waals surface area contributed by atoms with Crippen molar-refractivity contribution in [1.29, 1.82) is 0 Å². The molecule has 0 N–H and O–H groups in total. The lowest BCUT2D eigenvalue weighted by Crippen LogP contribution is -2.18. The third-order valence-electron chi connectivity index (χ3n) is 2.00. The molecule has 1 heterocycles. The smallest absolute Gasteiger partial charge is 0.222 e. The van der Waals surface area contributed by atoms with Crippen LogP contribution >= 0.6 is 0 Å². The van der Waals surface area contributed by atoms with Crippen LogP contribution < -0.4 is 0 Å². The largest absolute Gasteiger partial charge is 0.345 e. The van der Waals surface area contributed by atoms with Crippen LogP contribution in [0.15, 0.2) is 0 Å². The third-order valence-corrected chi connectivity index (χ3v) is 2.00. The Kier molecular flexibility index (Phi) is 1.74. The van der Waals surface area contributed by atoms with Gasteiger partial charge in [0, 0.05) is 20.0 Å². The second-order valence-electron chi connectivity index (χ2n) is 2.75. The molecule has 0 bridgehead atoms. The van der Waals surface area contributed by atoms with Gasteiger partial charge in [0.05, 0.1) is 0 Å². The fraction of sp³-hybridized carbons (Fsp3) is 0.857. The molecule has 0 unspecified atom stereocenters. The van der Waals surface area contributed by atoms with Crippen molar-refractivity contribution >= 4 is 5.91 Å².